The molecule has 0 aliphatic heterocycles. The van der Waals surface area contributed by atoms with Gasteiger partial charge in [-0.25, -0.2) is 8.42 Å². The lowest BCUT2D eigenvalue weighted by molar-refractivity contribution is -0.116. The number of aryl methyl sites for hydroxylation is 1. The Kier molecular flexibility index (Phi) is 5.80. The van der Waals surface area contributed by atoms with Crippen molar-refractivity contribution in [3.8, 4) is 0 Å². The van der Waals surface area contributed by atoms with E-state index in [-0.39, 0.29) is 10.8 Å². The summed E-state index contributed by atoms with van der Waals surface area (Å²) in [5.74, 6) is -0.0916. The maximum Gasteiger partial charge on any atom is 0.224 e. The molecule has 4 nitrogen and oxygen atoms in total. The Hall–Kier alpha value is -1.85. The van der Waals surface area contributed by atoms with Crippen LogP contribution in [0.4, 0.5) is 5.69 Å². The van der Waals surface area contributed by atoms with E-state index in [1.54, 1.807) is 12.1 Å². The van der Waals surface area contributed by atoms with Crippen LogP contribution in [0.1, 0.15) is 18.4 Å². The lowest BCUT2D eigenvalue weighted by Crippen LogP contribution is -2.11. The van der Waals surface area contributed by atoms with E-state index in [1.807, 2.05) is 24.3 Å². The second-order valence-electron chi connectivity index (χ2n) is 5.32. The van der Waals surface area contributed by atoms with Crippen LogP contribution in [-0.2, 0) is 21.1 Å². The van der Waals surface area contributed by atoms with Gasteiger partial charge in [-0.2, -0.15) is 0 Å². The first-order valence-electron chi connectivity index (χ1n) is 7.19. The van der Waals surface area contributed by atoms with Crippen molar-refractivity contribution < 1.29 is 13.2 Å². The average Bonchev–Trinajstić information content (AvgIpc) is 2.49. The van der Waals surface area contributed by atoms with Gasteiger partial charge < -0.3 is 5.32 Å². The van der Waals surface area contributed by atoms with Gasteiger partial charge in [-0.15, -0.1) is 0 Å². The van der Waals surface area contributed by atoms with Gasteiger partial charge in [0, 0.05) is 23.4 Å². The van der Waals surface area contributed by atoms with Crippen LogP contribution in [0.25, 0.3) is 0 Å². The van der Waals surface area contributed by atoms with E-state index >= 15 is 0 Å². The van der Waals surface area contributed by atoms with Gasteiger partial charge in [0.05, 0.1) is 4.90 Å². The molecule has 0 saturated carbocycles. The number of nitrogens with one attached hydrogen (secondary N) is 1. The van der Waals surface area contributed by atoms with Crippen molar-refractivity contribution in [2.75, 3.05) is 11.6 Å². The van der Waals surface area contributed by atoms with Crippen molar-refractivity contribution in [1.82, 2.24) is 0 Å². The Labute approximate surface area is 141 Å². The first kappa shape index (κ1) is 17.5. The second-order valence-corrected chi connectivity index (χ2v) is 7.78. The predicted molar refractivity (Wildman–Crippen MR) is 92.6 cm³/mol. The number of amides is 1. The first-order chi connectivity index (χ1) is 10.8. The van der Waals surface area contributed by atoms with Crippen LogP contribution in [0.2, 0.25) is 5.02 Å². The number of benzene rings is 2. The maximum absolute atomic E-state index is 11.9. The van der Waals surface area contributed by atoms with Crippen LogP contribution in [0.15, 0.2) is 53.4 Å². The van der Waals surface area contributed by atoms with Gasteiger partial charge in [0.15, 0.2) is 9.84 Å². The number of rotatable bonds is 6. The summed E-state index contributed by atoms with van der Waals surface area (Å²) in [4.78, 5) is 12.1. The van der Waals surface area contributed by atoms with E-state index in [4.69, 9.17) is 11.6 Å². The molecule has 0 unspecified atom stereocenters. The van der Waals surface area contributed by atoms with E-state index in [1.165, 1.54) is 12.1 Å². The third kappa shape index (κ3) is 5.69. The van der Waals surface area contributed by atoms with Gasteiger partial charge in [0.25, 0.3) is 0 Å². The minimum absolute atomic E-state index is 0.0916. The number of halogens is 1. The molecule has 2 aromatic rings. The zero-order valence-electron chi connectivity index (χ0n) is 12.8. The minimum atomic E-state index is -3.22. The third-order valence-corrected chi connectivity index (χ3v) is 4.73. The fourth-order valence-corrected chi connectivity index (χ4v) is 2.87. The monoisotopic (exact) mass is 351 g/mol. The highest BCUT2D eigenvalue weighted by atomic mass is 35.5. The molecular weight excluding hydrogens is 334 g/mol. The lowest BCUT2D eigenvalue weighted by atomic mass is 10.1. The molecule has 0 aromatic heterocycles. The van der Waals surface area contributed by atoms with Crippen molar-refractivity contribution in [1.29, 1.82) is 0 Å². The number of sulfone groups is 1. The third-order valence-electron chi connectivity index (χ3n) is 3.35. The Balaban J connectivity index is 1.81. The quantitative estimate of drug-likeness (QED) is 0.863. The van der Waals surface area contributed by atoms with Crippen molar-refractivity contribution in [3.05, 3.63) is 59.1 Å². The van der Waals surface area contributed by atoms with Crippen LogP contribution in [0.5, 0.6) is 0 Å². The number of hydrogen-bond acceptors (Lipinski definition) is 3. The first-order valence-corrected chi connectivity index (χ1v) is 9.46. The molecule has 0 atom stereocenters. The summed E-state index contributed by atoms with van der Waals surface area (Å²) in [7, 11) is -3.22. The predicted octanol–water partition coefficient (Wildman–Crippen LogP) is 3.70. The van der Waals surface area contributed by atoms with Crippen molar-refractivity contribution >= 4 is 33.0 Å². The van der Waals surface area contributed by atoms with Crippen LogP contribution >= 0.6 is 11.6 Å². The number of carbonyl (C=O) groups excluding carboxylic acids is 1. The van der Waals surface area contributed by atoms with Gasteiger partial charge in [-0.05, 0) is 54.8 Å². The molecular formula is C17H18ClNO3S. The molecule has 122 valence electrons. The molecule has 23 heavy (non-hydrogen) atoms. The molecule has 0 aliphatic carbocycles. The van der Waals surface area contributed by atoms with E-state index in [0.29, 0.717) is 17.1 Å². The van der Waals surface area contributed by atoms with Gasteiger partial charge >= 0.3 is 0 Å². The fourth-order valence-electron chi connectivity index (χ4n) is 2.11. The normalized spacial score (nSPS) is 11.2. The molecule has 0 spiro atoms. The molecule has 0 saturated heterocycles. The van der Waals surface area contributed by atoms with Gasteiger partial charge in [0.1, 0.15) is 0 Å². The van der Waals surface area contributed by atoms with E-state index in [2.05, 4.69) is 5.32 Å². The van der Waals surface area contributed by atoms with Crippen LogP contribution in [0.3, 0.4) is 0 Å². The van der Waals surface area contributed by atoms with Crippen molar-refractivity contribution in [3.63, 3.8) is 0 Å². The Morgan fingerprint density at radius 3 is 2.22 bits per heavy atom. The highest BCUT2D eigenvalue weighted by Gasteiger charge is 2.07. The molecule has 0 fully saturated rings. The van der Waals surface area contributed by atoms with E-state index < -0.39 is 9.84 Å². The highest BCUT2D eigenvalue weighted by molar-refractivity contribution is 7.90. The van der Waals surface area contributed by atoms with E-state index in [9.17, 15) is 13.2 Å². The molecule has 1 amide bonds. The molecule has 0 radical (unpaired) electrons. The summed E-state index contributed by atoms with van der Waals surface area (Å²) in [5, 5.41) is 3.46. The molecule has 2 rings (SSSR count). The summed E-state index contributed by atoms with van der Waals surface area (Å²) in [6.45, 7) is 0. The smallest absolute Gasteiger partial charge is 0.224 e. The standard InChI is InChI=1S/C17H18ClNO3S/c1-23(21,22)16-11-9-15(10-12-16)19-17(20)4-2-3-13-5-7-14(18)8-6-13/h5-12H,2-4H2,1H3,(H,19,20). The maximum atomic E-state index is 11.9. The molecule has 0 aliphatic rings. The number of anilines is 1. The molecule has 1 N–H and O–H groups in total. The number of carbonyl (C=O) groups is 1. The average molecular weight is 352 g/mol. The molecule has 6 heteroatoms. The summed E-state index contributed by atoms with van der Waals surface area (Å²) in [5.41, 5.74) is 1.73. The van der Waals surface area contributed by atoms with Crippen molar-refractivity contribution in [2.24, 2.45) is 0 Å². The Morgan fingerprint density at radius 1 is 1.04 bits per heavy atom. The van der Waals surface area contributed by atoms with Crippen LogP contribution < -0.4 is 5.32 Å². The Morgan fingerprint density at radius 2 is 1.65 bits per heavy atom. The fraction of sp³-hybridized carbons (Fsp3) is 0.235. The molecule has 0 bridgehead atoms. The SMILES string of the molecule is CS(=O)(=O)c1ccc(NC(=O)CCCc2ccc(Cl)cc2)cc1. The molecule has 2 aromatic carbocycles. The van der Waals surface area contributed by atoms with E-state index in [0.717, 1.165) is 24.7 Å². The summed E-state index contributed by atoms with van der Waals surface area (Å²) >= 11 is 5.82. The Bertz CT molecular complexity index is 768. The zero-order chi connectivity index (χ0) is 16.9. The van der Waals surface area contributed by atoms with Crippen molar-refractivity contribution in [2.45, 2.75) is 24.2 Å². The van der Waals surface area contributed by atoms with Gasteiger partial charge in [0.2, 0.25) is 5.91 Å². The largest absolute Gasteiger partial charge is 0.326 e. The summed E-state index contributed by atoms with van der Waals surface area (Å²) in [6, 6.07) is 13.7. The minimum Gasteiger partial charge on any atom is -0.326 e. The zero-order valence-corrected chi connectivity index (χ0v) is 14.3. The highest BCUT2D eigenvalue weighted by Crippen LogP contribution is 2.15. The van der Waals surface area contributed by atoms with Crippen LogP contribution in [-0.4, -0.2) is 20.6 Å². The second kappa shape index (κ2) is 7.62. The summed E-state index contributed by atoms with van der Waals surface area (Å²) in [6.07, 6.45) is 3.08. The van der Waals surface area contributed by atoms with Gasteiger partial charge in [-0.3, -0.25) is 4.79 Å². The number of hydrogen-bond donors (Lipinski definition) is 1. The summed E-state index contributed by atoms with van der Waals surface area (Å²) < 4.78 is 22.7. The molecule has 0 heterocycles. The topological polar surface area (TPSA) is 63.2 Å². The van der Waals surface area contributed by atoms with Crippen LogP contribution in [0, 0.1) is 0 Å². The lowest BCUT2D eigenvalue weighted by Gasteiger charge is -2.06. The van der Waals surface area contributed by atoms with Gasteiger partial charge in [-0.1, -0.05) is 23.7 Å².